The van der Waals surface area contributed by atoms with Crippen LogP contribution in [-0.4, -0.2) is 32.8 Å². The number of nitrogens with one attached hydrogen (secondary N) is 1. The van der Waals surface area contributed by atoms with Crippen molar-refractivity contribution in [2.45, 2.75) is 19.9 Å². The van der Waals surface area contributed by atoms with Gasteiger partial charge in [-0.2, -0.15) is 0 Å². The third-order valence-corrected chi connectivity index (χ3v) is 3.41. The molecule has 2 aromatic rings. The normalized spacial score (nSPS) is 15.4. The van der Waals surface area contributed by atoms with Crippen LogP contribution >= 0.6 is 0 Å². The quantitative estimate of drug-likeness (QED) is 0.868. The Labute approximate surface area is 120 Å². The number of carbonyl (C=O) groups is 2. The van der Waals surface area contributed by atoms with Gasteiger partial charge in [0.2, 0.25) is 5.91 Å². The molecule has 1 saturated heterocycles. The van der Waals surface area contributed by atoms with Crippen LogP contribution in [0.2, 0.25) is 0 Å². The number of imide groups is 1. The lowest BCUT2D eigenvalue weighted by atomic mass is 10.2. The maximum atomic E-state index is 12.1. The van der Waals surface area contributed by atoms with Crippen LogP contribution in [0.25, 0.3) is 5.65 Å². The third kappa shape index (κ3) is 2.37. The first kappa shape index (κ1) is 13.3. The number of pyridine rings is 1. The second-order valence-corrected chi connectivity index (χ2v) is 4.91. The Balaban J connectivity index is 2.00. The molecule has 0 spiro atoms. The molecule has 0 atom stereocenters. The molecule has 108 valence electrons. The van der Waals surface area contributed by atoms with Gasteiger partial charge in [0.05, 0.1) is 12.2 Å². The minimum absolute atomic E-state index is 0.00431. The molecule has 0 saturated carbocycles. The highest BCUT2D eigenvalue weighted by atomic mass is 16.2. The number of nitrogens with zero attached hydrogens (tertiary/aromatic N) is 3. The summed E-state index contributed by atoms with van der Waals surface area (Å²) in [7, 11) is 0. The summed E-state index contributed by atoms with van der Waals surface area (Å²) in [6, 6.07) is 6.25. The average Bonchev–Trinajstić information content (AvgIpc) is 2.43. The monoisotopic (exact) mass is 286 g/mol. The zero-order chi connectivity index (χ0) is 15.0. The minimum Gasteiger partial charge on any atom is -0.337 e. The number of hydrogen-bond acceptors (Lipinski definition) is 4. The van der Waals surface area contributed by atoms with E-state index in [9.17, 15) is 14.4 Å². The van der Waals surface area contributed by atoms with E-state index in [-0.39, 0.29) is 24.4 Å². The summed E-state index contributed by atoms with van der Waals surface area (Å²) in [5, 5.41) is 2.60. The molecule has 3 heterocycles. The van der Waals surface area contributed by atoms with Gasteiger partial charge in [-0.25, -0.2) is 9.78 Å². The van der Waals surface area contributed by atoms with Crippen LogP contribution in [0.4, 0.5) is 4.79 Å². The molecule has 0 aromatic carbocycles. The van der Waals surface area contributed by atoms with Crippen molar-refractivity contribution in [3.8, 4) is 0 Å². The van der Waals surface area contributed by atoms with Crippen molar-refractivity contribution in [2.24, 2.45) is 0 Å². The van der Waals surface area contributed by atoms with Crippen molar-refractivity contribution >= 4 is 17.6 Å². The van der Waals surface area contributed by atoms with E-state index in [0.29, 0.717) is 17.9 Å². The summed E-state index contributed by atoms with van der Waals surface area (Å²) >= 11 is 0. The summed E-state index contributed by atoms with van der Waals surface area (Å²) in [6.45, 7) is 2.17. The predicted molar refractivity (Wildman–Crippen MR) is 74.8 cm³/mol. The Morgan fingerprint density at radius 2 is 2.10 bits per heavy atom. The van der Waals surface area contributed by atoms with Crippen LogP contribution < -0.4 is 10.9 Å². The molecule has 0 unspecified atom stereocenters. The second-order valence-electron chi connectivity index (χ2n) is 4.91. The van der Waals surface area contributed by atoms with Gasteiger partial charge in [0.25, 0.3) is 5.56 Å². The largest absolute Gasteiger partial charge is 0.337 e. The van der Waals surface area contributed by atoms with Crippen molar-refractivity contribution < 1.29 is 9.59 Å². The number of amides is 3. The lowest BCUT2D eigenvalue weighted by molar-refractivity contribution is -0.129. The average molecular weight is 286 g/mol. The highest BCUT2D eigenvalue weighted by Crippen LogP contribution is 2.08. The van der Waals surface area contributed by atoms with Crippen LogP contribution in [0.3, 0.4) is 0 Å². The highest BCUT2D eigenvalue weighted by molar-refractivity contribution is 5.96. The molecule has 2 aromatic heterocycles. The molecule has 7 nitrogen and oxygen atoms in total. The van der Waals surface area contributed by atoms with Crippen LogP contribution in [0.15, 0.2) is 29.1 Å². The van der Waals surface area contributed by atoms with E-state index in [1.807, 2.05) is 13.0 Å². The molecule has 7 heteroatoms. The van der Waals surface area contributed by atoms with Crippen LogP contribution in [0.1, 0.15) is 17.8 Å². The fourth-order valence-electron chi connectivity index (χ4n) is 2.39. The molecular weight excluding hydrogens is 272 g/mol. The van der Waals surface area contributed by atoms with E-state index in [1.54, 1.807) is 12.1 Å². The smallest absolute Gasteiger partial charge is 0.324 e. The standard InChI is InChI=1S/C14H14N4O3/c1-9-3-2-4-11-16-10(7-13(20)18(9)11)8-17-12(19)5-6-15-14(17)21/h2-4,7H,5-6,8H2,1H3,(H,15,21). The van der Waals surface area contributed by atoms with Crippen LogP contribution in [-0.2, 0) is 11.3 Å². The SMILES string of the molecule is Cc1cccc2nc(CN3C(=O)CCNC3=O)cc(=O)n12. The summed E-state index contributed by atoms with van der Waals surface area (Å²) in [6.07, 6.45) is 0.261. The first-order valence-corrected chi connectivity index (χ1v) is 6.63. The van der Waals surface area contributed by atoms with E-state index in [0.717, 1.165) is 10.6 Å². The van der Waals surface area contributed by atoms with Gasteiger partial charge in [-0.05, 0) is 19.1 Å². The van der Waals surface area contributed by atoms with Crippen molar-refractivity contribution in [1.29, 1.82) is 0 Å². The topological polar surface area (TPSA) is 83.8 Å². The van der Waals surface area contributed by atoms with Crippen molar-refractivity contribution in [3.05, 3.63) is 46.0 Å². The first-order chi connectivity index (χ1) is 10.1. The van der Waals surface area contributed by atoms with E-state index in [4.69, 9.17) is 0 Å². The Hall–Kier alpha value is -2.70. The Morgan fingerprint density at radius 1 is 1.29 bits per heavy atom. The summed E-state index contributed by atoms with van der Waals surface area (Å²) in [5.74, 6) is -0.259. The fraction of sp³-hybridized carbons (Fsp3) is 0.286. The number of fused-ring (bicyclic) bond motifs is 1. The van der Waals surface area contributed by atoms with Gasteiger partial charge in [0, 0.05) is 24.7 Å². The van der Waals surface area contributed by atoms with Crippen molar-refractivity contribution in [1.82, 2.24) is 19.6 Å². The number of urea groups is 1. The lowest BCUT2D eigenvalue weighted by Crippen LogP contribution is -2.49. The molecule has 0 bridgehead atoms. The number of rotatable bonds is 2. The number of hydrogen-bond donors (Lipinski definition) is 1. The Morgan fingerprint density at radius 3 is 2.86 bits per heavy atom. The first-order valence-electron chi connectivity index (χ1n) is 6.63. The molecule has 1 aliphatic rings. The van der Waals surface area contributed by atoms with E-state index < -0.39 is 6.03 Å². The number of carbonyl (C=O) groups excluding carboxylic acids is 2. The van der Waals surface area contributed by atoms with Gasteiger partial charge in [0.1, 0.15) is 5.65 Å². The number of aryl methyl sites for hydroxylation is 1. The minimum atomic E-state index is -0.447. The van der Waals surface area contributed by atoms with Gasteiger partial charge in [0.15, 0.2) is 0 Å². The maximum Gasteiger partial charge on any atom is 0.324 e. The molecule has 1 fully saturated rings. The third-order valence-electron chi connectivity index (χ3n) is 3.41. The summed E-state index contributed by atoms with van der Waals surface area (Å²) in [5.41, 5.74) is 1.46. The van der Waals surface area contributed by atoms with Gasteiger partial charge in [-0.3, -0.25) is 18.9 Å². The lowest BCUT2D eigenvalue weighted by Gasteiger charge is -2.25. The number of aromatic nitrogens is 2. The van der Waals surface area contributed by atoms with Gasteiger partial charge in [-0.15, -0.1) is 0 Å². The molecule has 21 heavy (non-hydrogen) atoms. The molecule has 3 rings (SSSR count). The predicted octanol–water partition coefficient (Wildman–Crippen LogP) is 0.445. The molecular formula is C14H14N4O3. The summed E-state index contributed by atoms with van der Waals surface area (Å²) < 4.78 is 1.49. The van der Waals surface area contributed by atoms with Gasteiger partial charge in [-0.1, -0.05) is 6.07 Å². The molecule has 0 radical (unpaired) electrons. The fourth-order valence-corrected chi connectivity index (χ4v) is 2.39. The highest BCUT2D eigenvalue weighted by Gasteiger charge is 2.26. The van der Waals surface area contributed by atoms with Crippen molar-refractivity contribution in [3.63, 3.8) is 0 Å². The molecule has 3 amide bonds. The molecule has 0 aliphatic carbocycles. The summed E-state index contributed by atoms with van der Waals surface area (Å²) in [4.78, 5) is 41.0. The van der Waals surface area contributed by atoms with Crippen LogP contribution in [0.5, 0.6) is 0 Å². The molecule has 1 N–H and O–H groups in total. The van der Waals surface area contributed by atoms with Crippen LogP contribution in [0, 0.1) is 6.92 Å². The zero-order valence-electron chi connectivity index (χ0n) is 11.5. The maximum absolute atomic E-state index is 12.1. The zero-order valence-corrected chi connectivity index (χ0v) is 11.5. The Bertz CT molecular complexity index is 780. The van der Waals surface area contributed by atoms with Crippen molar-refractivity contribution in [2.75, 3.05) is 6.54 Å². The van der Waals surface area contributed by atoms with Gasteiger partial charge < -0.3 is 5.32 Å². The second kappa shape index (κ2) is 5.01. The molecule has 1 aliphatic heterocycles. The Kier molecular flexibility index (Phi) is 3.17. The van der Waals surface area contributed by atoms with Gasteiger partial charge >= 0.3 is 6.03 Å². The van der Waals surface area contributed by atoms with E-state index >= 15 is 0 Å². The van der Waals surface area contributed by atoms with E-state index in [1.165, 1.54) is 10.5 Å². The van der Waals surface area contributed by atoms with E-state index in [2.05, 4.69) is 10.3 Å².